The predicted octanol–water partition coefficient (Wildman–Crippen LogP) is 19.8. The third-order valence-corrected chi connectivity index (χ3v) is 14.6. The molecule has 0 bridgehead atoms. The van der Waals surface area contributed by atoms with Gasteiger partial charge in [-0.3, -0.25) is 14.2 Å². The molecule has 1 N–H and O–H groups in total. The van der Waals surface area contributed by atoms with Crippen molar-refractivity contribution in [3.05, 3.63) is 134 Å². The van der Waals surface area contributed by atoms with E-state index in [0.29, 0.717) is 23.9 Å². The first kappa shape index (κ1) is 77.2. The van der Waals surface area contributed by atoms with E-state index in [1.54, 1.807) is 0 Å². The fourth-order valence-corrected chi connectivity index (χ4v) is 9.38. The average molecular weight is 1150 g/mol. The lowest BCUT2D eigenvalue weighted by Gasteiger charge is -2.30. The Kier molecular flexibility index (Phi) is 56.5. The summed E-state index contributed by atoms with van der Waals surface area (Å²) in [4.78, 5) is 40.0. The van der Waals surface area contributed by atoms with Crippen molar-refractivity contribution in [1.82, 2.24) is 5.32 Å². The highest BCUT2D eigenvalue weighted by molar-refractivity contribution is 7.45. The Morgan fingerprint density at radius 3 is 1.21 bits per heavy atom. The summed E-state index contributed by atoms with van der Waals surface area (Å²) in [6.07, 6.45) is 84.5. The maximum Gasteiger partial charge on any atom is 0.306 e. The standard InChI is InChI=1S/C71H121N2O7P/c1-7-10-13-16-19-22-25-28-30-32-33-34-35-36-37-38-39-40-41-42-44-46-49-52-55-58-61-64-71(75)80-69(62-59-56-53-50-47-27-24-21-18-15-12-9-3)68(67-79-81(76,77)78-66-65-73(4,5)6)72-70(74)63-60-57-54-51-48-45-43-31-29-26-23-20-17-14-11-8-2/h10-11,13-14,19-20,22-23,28-31,33-34,36-37,45,48,54,57,59,62,68-69H,7-9,12,15-18,21,24-27,32,35,38-44,46-47,49-53,55-56,58,60-61,63-67H2,1-6H3,(H-,72,74,76,77)/b13-10-,14-11+,22-19-,23-20+,30-28-,31-29+,34-33-,37-36-,48-45+,57-54+,62-59-. The number of amides is 1. The SMILES string of the molecule is CC/C=C\C/C=C\C/C=C\C/C=C\C/C=C\CCCCCCCCCCCCCC(=O)OC(/C=C\CCCCCCCCCCCC)C(COP(=O)([O-])OCC[N+](C)(C)C)NC(=O)CC/C=C/C/C=C/C/C=C/C/C=C/C/C=C/CC. The van der Waals surface area contributed by atoms with Crippen molar-refractivity contribution in [2.75, 3.05) is 40.9 Å². The number of phosphoric acid groups is 1. The first-order valence-corrected chi connectivity index (χ1v) is 34.0. The molecule has 3 atom stereocenters. The van der Waals surface area contributed by atoms with Gasteiger partial charge in [-0.05, 0) is 109 Å². The molecule has 10 heteroatoms. The van der Waals surface area contributed by atoms with E-state index in [1.807, 2.05) is 45.4 Å². The summed E-state index contributed by atoms with van der Waals surface area (Å²) in [5, 5.41) is 2.98. The van der Waals surface area contributed by atoms with Crippen LogP contribution in [-0.4, -0.2) is 69.4 Å². The molecule has 0 heterocycles. The van der Waals surface area contributed by atoms with Gasteiger partial charge in [-0.1, -0.05) is 264 Å². The molecule has 1 amide bonds. The van der Waals surface area contributed by atoms with Crippen LogP contribution < -0.4 is 10.2 Å². The van der Waals surface area contributed by atoms with Crippen LogP contribution in [0.2, 0.25) is 0 Å². The number of allylic oxidation sites excluding steroid dienone is 21. The fraction of sp³-hybridized carbons (Fsp3) is 0.662. The van der Waals surface area contributed by atoms with E-state index >= 15 is 0 Å². The molecule has 462 valence electrons. The lowest BCUT2D eigenvalue weighted by atomic mass is 10.0. The molecule has 0 aliphatic rings. The first-order chi connectivity index (χ1) is 39.4. The minimum Gasteiger partial charge on any atom is -0.756 e. The van der Waals surface area contributed by atoms with Crippen molar-refractivity contribution in [1.29, 1.82) is 0 Å². The highest BCUT2D eigenvalue weighted by atomic mass is 31.2. The molecule has 0 saturated heterocycles. The lowest BCUT2D eigenvalue weighted by Crippen LogP contribution is -2.47. The van der Waals surface area contributed by atoms with Crippen LogP contribution in [0.25, 0.3) is 0 Å². The molecular formula is C71H121N2O7P. The molecule has 0 fully saturated rings. The molecule has 0 radical (unpaired) electrons. The van der Waals surface area contributed by atoms with E-state index in [2.05, 4.69) is 135 Å². The fourth-order valence-electron chi connectivity index (χ4n) is 8.65. The second-order valence-corrected chi connectivity index (χ2v) is 23.9. The summed E-state index contributed by atoms with van der Waals surface area (Å²) in [6, 6.07) is -0.938. The number of ether oxygens (including phenoxy) is 1. The van der Waals surface area contributed by atoms with Gasteiger partial charge in [0.25, 0.3) is 7.82 Å². The zero-order chi connectivity index (χ0) is 59.3. The second kappa shape index (κ2) is 59.3. The van der Waals surface area contributed by atoms with Crippen LogP contribution >= 0.6 is 7.82 Å². The molecule has 0 aromatic carbocycles. The number of hydrogen-bond acceptors (Lipinski definition) is 7. The minimum atomic E-state index is -4.73. The molecule has 0 aromatic heterocycles. The van der Waals surface area contributed by atoms with Crippen LogP contribution in [0, 0.1) is 0 Å². The minimum absolute atomic E-state index is 0.0425. The van der Waals surface area contributed by atoms with Crippen LogP contribution in [0.15, 0.2) is 134 Å². The number of carbonyl (C=O) groups excluding carboxylic acids is 2. The first-order valence-electron chi connectivity index (χ1n) is 32.5. The van der Waals surface area contributed by atoms with Gasteiger partial charge in [0.15, 0.2) is 0 Å². The number of esters is 1. The quantitative estimate of drug-likeness (QED) is 0.0212. The van der Waals surface area contributed by atoms with Gasteiger partial charge in [-0.15, -0.1) is 0 Å². The Hall–Kier alpha value is -3.85. The van der Waals surface area contributed by atoms with Gasteiger partial charge in [0.2, 0.25) is 5.91 Å². The topological polar surface area (TPSA) is 114 Å². The summed E-state index contributed by atoms with van der Waals surface area (Å²) in [5.41, 5.74) is 0. The van der Waals surface area contributed by atoms with E-state index < -0.39 is 26.6 Å². The van der Waals surface area contributed by atoms with Crippen LogP contribution in [0.3, 0.4) is 0 Å². The Balaban J connectivity index is 5.19. The van der Waals surface area contributed by atoms with E-state index in [-0.39, 0.29) is 31.3 Å². The smallest absolute Gasteiger partial charge is 0.306 e. The van der Waals surface area contributed by atoms with Crippen molar-refractivity contribution in [3.8, 4) is 0 Å². The molecule has 0 aliphatic carbocycles. The number of nitrogens with one attached hydrogen (secondary N) is 1. The van der Waals surface area contributed by atoms with Gasteiger partial charge in [-0.25, -0.2) is 0 Å². The molecule has 0 spiro atoms. The Labute approximate surface area is 498 Å². The largest absolute Gasteiger partial charge is 0.756 e. The third kappa shape index (κ3) is 60.6. The molecule has 0 aromatic rings. The van der Waals surface area contributed by atoms with E-state index in [0.717, 1.165) is 109 Å². The van der Waals surface area contributed by atoms with Crippen LogP contribution in [0.1, 0.15) is 252 Å². The van der Waals surface area contributed by atoms with E-state index in [9.17, 15) is 19.0 Å². The molecule has 3 unspecified atom stereocenters. The monoisotopic (exact) mass is 1140 g/mol. The molecule has 0 aliphatic heterocycles. The van der Waals surface area contributed by atoms with Crippen molar-refractivity contribution in [3.63, 3.8) is 0 Å². The highest BCUT2D eigenvalue weighted by Crippen LogP contribution is 2.38. The number of phosphoric ester groups is 1. The summed E-state index contributed by atoms with van der Waals surface area (Å²) in [7, 11) is 1.12. The second-order valence-electron chi connectivity index (χ2n) is 22.5. The zero-order valence-corrected chi connectivity index (χ0v) is 53.6. The van der Waals surface area contributed by atoms with Gasteiger partial charge >= 0.3 is 5.97 Å². The van der Waals surface area contributed by atoms with Gasteiger partial charge in [-0.2, -0.15) is 0 Å². The lowest BCUT2D eigenvalue weighted by molar-refractivity contribution is -0.870. The number of unbranched alkanes of at least 4 members (excludes halogenated alkanes) is 21. The molecular weight excluding hydrogens is 1020 g/mol. The van der Waals surface area contributed by atoms with E-state index in [4.69, 9.17) is 13.8 Å². The Morgan fingerprint density at radius 1 is 0.444 bits per heavy atom. The summed E-state index contributed by atoms with van der Waals surface area (Å²) < 4.78 is 30.3. The maximum atomic E-state index is 13.5. The summed E-state index contributed by atoms with van der Waals surface area (Å²) in [5.74, 6) is -0.648. The van der Waals surface area contributed by atoms with Crippen LogP contribution in [0.5, 0.6) is 0 Å². The number of hydrogen-bond donors (Lipinski definition) is 1. The maximum absolute atomic E-state index is 13.5. The Morgan fingerprint density at radius 2 is 0.802 bits per heavy atom. The molecule has 0 saturated carbocycles. The Bertz CT molecular complexity index is 1850. The summed E-state index contributed by atoms with van der Waals surface area (Å²) >= 11 is 0. The van der Waals surface area contributed by atoms with Crippen molar-refractivity contribution < 1.29 is 37.3 Å². The number of nitrogens with zero attached hydrogens (tertiary/aromatic N) is 1. The number of rotatable bonds is 57. The molecule has 9 nitrogen and oxygen atoms in total. The third-order valence-electron chi connectivity index (χ3n) is 13.6. The van der Waals surface area contributed by atoms with Crippen LogP contribution in [0.4, 0.5) is 0 Å². The van der Waals surface area contributed by atoms with E-state index in [1.165, 1.54) is 96.3 Å². The summed E-state index contributed by atoms with van der Waals surface area (Å²) in [6.45, 7) is 6.54. The highest BCUT2D eigenvalue weighted by Gasteiger charge is 2.27. The normalized spacial score (nSPS) is 14.5. The van der Waals surface area contributed by atoms with Crippen molar-refractivity contribution in [2.24, 2.45) is 0 Å². The predicted molar refractivity (Wildman–Crippen MR) is 348 cm³/mol. The van der Waals surface area contributed by atoms with Crippen molar-refractivity contribution in [2.45, 2.75) is 264 Å². The average Bonchev–Trinajstić information content (AvgIpc) is 3.44. The molecule has 0 rings (SSSR count). The van der Waals surface area contributed by atoms with Gasteiger partial charge in [0, 0.05) is 12.8 Å². The van der Waals surface area contributed by atoms with Crippen molar-refractivity contribution >= 4 is 19.7 Å². The van der Waals surface area contributed by atoms with Crippen LogP contribution in [-0.2, 0) is 27.9 Å². The number of likely N-dealkylation sites (N-methyl/N-ethyl adjacent to an activating group) is 1. The van der Waals surface area contributed by atoms with Gasteiger partial charge < -0.3 is 28.5 Å². The number of quaternary nitrogens is 1. The number of carbonyl (C=O) groups is 2. The van der Waals surface area contributed by atoms with Gasteiger partial charge in [0.1, 0.15) is 19.3 Å². The molecule has 81 heavy (non-hydrogen) atoms. The van der Waals surface area contributed by atoms with Gasteiger partial charge in [0.05, 0.1) is 33.8 Å². The zero-order valence-electron chi connectivity index (χ0n) is 52.7.